The predicted octanol–water partition coefficient (Wildman–Crippen LogP) is 2.58. The lowest BCUT2D eigenvalue weighted by molar-refractivity contribution is -0.119. The maximum Gasteiger partial charge on any atom is 0.224 e. The van der Waals surface area contributed by atoms with E-state index < -0.39 is 0 Å². The molecule has 17 heavy (non-hydrogen) atoms. The van der Waals surface area contributed by atoms with Gasteiger partial charge in [-0.2, -0.15) is 0 Å². The van der Waals surface area contributed by atoms with E-state index in [0.717, 1.165) is 11.3 Å². The Morgan fingerprint density at radius 1 is 1.29 bits per heavy atom. The van der Waals surface area contributed by atoms with Crippen LogP contribution in [0.3, 0.4) is 0 Å². The number of anilines is 1. The van der Waals surface area contributed by atoms with E-state index in [-0.39, 0.29) is 5.91 Å². The molecule has 1 amide bonds. The summed E-state index contributed by atoms with van der Waals surface area (Å²) in [7, 11) is 1.66. The van der Waals surface area contributed by atoms with Crippen LogP contribution in [0.2, 0.25) is 0 Å². The number of rotatable bonds is 6. The van der Waals surface area contributed by atoms with Crippen LogP contribution in [-0.4, -0.2) is 19.0 Å². The number of carbonyl (C=O) groups is 1. The topological polar surface area (TPSA) is 41.1 Å². The second-order valence-corrected chi connectivity index (χ2v) is 4.38. The molecule has 0 saturated heterocycles. The normalized spacial score (nSPS) is 11.9. The third kappa shape index (κ3) is 4.89. The maximum atomic E-state index is 11.2. The van der Waals surface area contributed by atoms with Crippen molar-refractivity contribution in [3.63, 3.8) is 0 Å². The average molecular weight is 234 g/mol. The van der Waals surface area contributed by atoms with Gasteiger partial charge in [0.2, 0.25) is 5.91 Å². The third-order valence-electron chi connectivity index (χ3n) is 2.73. The molecule has 0 radical (unpaired) electrons. The minimum Gasteiger partial charge on any atom is -0.383 e. The molecule has 3 heteroatoms. The monoisotopic (exact) mass is 234 g/mol. The molecule has 0 aromatic heterocycles. The summed E-state index contributed by atoms with van der Waals surface area (Å²) in [5, 5.41) is 6.06. The van der Waals surface area contributed by atoms with Crippen molar-refractivity contribution in [1.29, 1.82) is 0 Å². The Morgan fingerprint density at radius 3 is 2.47 bits per heavy atom. The number of nitrogens with one attached hydrogen (secondary N) is 2. The fourth-order valence-electron chi connectivity index (χ4n) is 1.78. The highest BCUT2D eigenvalue weighted by Gasteiger charge is 2.02. The van der Waals surface area contributed by atoms with Crippen molar-refractivity contribution in [3.05, 3.63) is 29.8 Å². The number of amides is 1. The Kier molecular flexibility index (Phi) is 5.53. The lowest BCUT2D eigenvalue weighted by atomic mass is 10.1. The van der Waals surface area contributed by atoms with Crippen molar-refractivity contribution >= 4 is 11.6 Å². The van der Waals surface area contributed by atoms with Crippen molar-refractivity contribution in [2.24, 2.45) is 0 Å². The van der Waals surface area contributed by atoms with E-state index in [1.54, 1.807) is 7.05 Å². The highest BCUT2D eigenvalue weighted by molar-refractivity contribution is 5.78. The largest absolute Gasteiger partial charge is 0.383 e. The molecule has 0 aliphatic carbocycles. The number of hydrogen-bond donors (Lipinski definition) is 2. The smallest absolute Gasteiger partial charge is 0.224 e. The number of carbonyl (C=O) groups excluding carboxylic acids is 1. The van der Waals surface area contributed by atoms with Crippen LogP contribution in [0.15, 0.2) is 24.3 Å². The minimum atomic E-state index is 0.0464. The van der Waals surface area contributed by atoms with Gasteiger partial charge >= 0.3 is 0 Å². The predicted molar refractivity (Wildman–Crippen MR) is 72.2 cm³/mol. The molecule has 1 aromatic carbocycles. The van der Waals surface area contributed by atoms with Gasteiger partial charge in [-0.1, -0.05) is 25.5 Å². The Morgan fingerprint density at radius 2 is 1.94 bits per heavy atom. The van der Waals surface area contributed by atoms with E-state index >= 15 is 0 Å². The van der Waals surface area contributed by atoms with E-state index in [1.165, 1.54) is 12.8 Å². The van der Waals surface area contributed by atoms with Crippen molar-refractivity contribution in [1.82, 2.24) is 5.32 Å². The highest BCUT2D eigenvalue weighted by atomic mass is 16.1. The molecule has 0 heterocycles. The fourth-order valence-corrected chi connectivity index (χ4v) is 1.78. The average Bonchev–Trinajstić information content (AvgIpc) is 2.32. The van der Waals surface area contributed by atoms with Crippen molar-refractivity contribution in [2.45, 2.75) is 39.2 Å². The number of likely N-dealkylation sites (N-methyl/N-ethyl adjacent to an activating group) is 1. The van der Waals surface area contributed by atoms with E-state index in [1.807, 2.05) is 24.3 Å². The summed E-state index contributed by atoms with van der Waals surface area (Å²) in [6.45, 7) is 4.37. The van der Waals surface area contributed by atoms with Crippen molar-refractivity contribution < 1.29 is 4.79 Å². The van der Waals surface area contributed by atoms with E-state index in [9.17, 15) is 4.79 Å². The summed E-state index contributed by atoms with van der Waals surface area (Å²) in [5.74, 6) is 0.0464. The SMILES string of the molecule is CCCC(C)Nc1ccc(CC(=O)NC)cc1. The van der Waals surface area contributed by atoms with E-state index in [0.29, 0.717) is 12.5 Å². The van der Waals surface area contributed by atoms with Gasteiger partial charge < -0.3 is 10.6 Å². The zero-order valence-electron chi connectivity index (χ0n) is 10.9. The molecule has 3 nitrogen and oxygen atoms in total. The number of hydrogen-bond acceptors (Lipinski definition) is 2. The highest BCUT2D eigenvalue weighted by Crippen LogP contribution is 2.12. The van der Waals surface area contributed by atoms with Crippen molar-refractivity contribution in [3.8, 4) is 0 Å². The molecule has 1 rings (SSSR count). The zero-order valence-corrected chi connectivity index (χ0v) is 10.9. The molecular weight excluding hydrogens is 212 g/mol. The second-order valence-electron chi connectivity index (χ2n) is 4.38. The second kappa shape index (κ2) is 6.94. The third-order valence-corrected chi connectivity index (χ3v) is 2.73. The van der Waals surface area contributed by atoms with Gasteiger partial charge in [-0.3, -0.25) is 4.79 Å². The first kappa shape index (κ1) is 13.6. The molecule has 94 valence electrons. The molecule has 1 atom stereocenters. The molecule has 0 aliphatic heterocycles. The first-order valence-electron chi connectivity index (χ1n) is 6.21. The van der Waals surface area contributed by atoms with Gasteiger partial charge in [0, 0.05) is 18.8 Å². The first-order valence-corrected chi connectivity index (χ1v) is 6.21. The molecule has 0 bridgehead atoms. The summed E-state index contributed by atoms with van der Waals surface area (Å²) >= 11 is 0. The summed E-state index contributed by atoms with van der Waals surface area (Å²) < 4.78 is 0. The van der Waals surface area contributed by atoms with Crippen LogP contribution in [0, 0.1) is 0 Å². The molecule has 2 N–H and O–H groups in total. The van der Waals surface area contributed by atoms with Gasteiger partial charge in [-0.25, -0.2) is 0 Å². The van der Waals surface area contributed by atoms with Gasteiger partial charge in [-0.15, -0.1) is 0 Å². The van der Waals surface area contributed by atoms with Gasteiger partial charge in [0.15, 0.2) is 0 Å². The summed E-state index contributed by atoms with van der Waals surface area (Å²) in [6.07, 6.45) is 2.80. The Labute approximate surface area is 104 Å². The van der Waals surface area contributed by atoms with E-state index in [2.05, 4.69) is 24.5 Å². The lowest BCUT2D eigenvalue weighted by Crippen LogP contribution is -2.20. The maximum absolute atomic E-state index is 11.2. The summed E-state index contributed by atoms with van der Waals surface area (Å²) in [5.41, 5.74) is 2.16. The molecule has 1 aromatic rings. The fraction of sp³-hybridized carbons (Fsp3) is 0.500. The van der Waals surface area contributed by atoms with Crippen LogP contribution in [0.25, 0.3) is 0 Å². The number of benzene rings is 1. The molecule has 0 fully saturated rings. The zero-order chi connectivity index (χ0) is 12.7. The minimum absolute atomic E-state index is 0.0464. The lowest BCUT2D eigenvalue weighted by Gasteiger charge is -2.14. The van der Waals surface area contributed by atoms with Crippen LogP contribution < -0.4 is 10.6 Å². The molecular formula is C14H22N2O. The van der Waals surface area contributed by atoms with Crippen LogP contribution >= 0.6 is 0 Å². The van der Waals surface area contributed by atoms with Crippen LogP contribution in [-0.2, 0) is 11.2 Å². The summed E-state index contributed by atoms with van der Waals surface area (Å²) in [4.78, 5) is 11.2. The van der Waals surface area contributed by atoms with E-state index in [4.69, 9.17) is 0 Å². The Bertz CT molecular complexity index is 346. The summed E-state index contributed by atoms with van der Waals surface area (Å²) in [6, 6.07) is 8.55. The van der Waals surface area contributed by atoms with Crippen LogP contribution in [0.5, 0.6) is 0 Å². The molecule has 0 spiro atoms. The van der Waals surface area contributed by atoms with Gasteiger partial charge in [0.05, 0.1) is 6.42 Å². The molecule has 0 saturated carbocycles. The van der Waals surface area contributed by atoms with Gasteiger partial charge in [0.25, 0.3) is 0 Å². The molecule has 0 aliphatic rings. The van der Waals surface area contributed by atoms with Crippen LogP contribution in [0.4, 0.5) is 5.69 Å². The Hall–Kier alpha value is -1.51. The standard InChI is InChI=1S/C14H22N2O/c1-4-5-11(2)16-13-8-6-12(7-9-13)10-14(17)15-3/h6-9,11,16H,4-5,10H2,1-3H3,(H,15,17). The van der Waals surface area contributed by atoms with Crippen LogP contribution in [0.1, 0.15) is 32.3 Å². The van der Waals surface area contributed by atoms with Gasteiger partial charge in [0.1, 0.15) is 0 Å². The van der Waals surface area contributed by atoms with Gasteiger partial charge in [-0.05, 0) is 31.0 Å². The first-order chi connectivity index (χ1) is 8.15. The Balaban J connectivity index is 2.52. The quantitative estimate of drug-likeness (QED) is 0.794. The molecule has 1 unspecified atom stereocenters. The van der Waals surface area contributed by atoms with Crippen molar-refractivity contribution in [2.75, 3.05) is 12.4 Å².